The summed E-state index contributed by atoms with van der Waals surface area (Å²) in [5.74, 6) is 1.84. The number of benzene rings is 1. The Kier molecular flexibility index (Phi) is 3.54. The smallest absolute Gasteiger partial charge is 0.130 e. The minimum absolute atomic E-state index is 0.597. The number of ether oxygens (including phenoxy) is 1. The Labute approximate surface area is 119 Å². The predicted octanol–water partition coefficient (Wildman–Crippen LogP) is 3.43. The number of hydrogen-bond acceptors (Lipinski definition) is 4. The number of rotatable bonds is 5. The van der Waals surface area contributed by atoms with E-state index >= 15 is 0 Å². The molecule has 0 amide bonds. The quantitative estimate of drug-likeness (QED) is 0.903. The van der Waals surface area contributed by atoms with Crippen molar-refractivity contribution in [1.29, 1.82) is 0 Å². The Morgan fingerprint density at radius 2 is 2.10 bits per heavy atom. The Balaban J connectivity index is 1.85. The van der Waals surface area contributed by atoms with Crippen molar-refractivity contribution >= 4 is 5.82 Å². The van der Waals surface area contributed by atoms with E-state index in [-0.39, 0.29) is 0 Å². The van der Waals surface area contributed by atoms with Crippen molar-refractivity contribution in [3.63, 3.8) is 0 Å². The molecule has 1 aliphatic rings. The summed E-state index contributed by atoms with van der Waals surface area (Å²) in [6, 6.07) is 8.76. The Hall–Kier alpha value is -2.10. The molecule has 0 bridgehead atoms. The van der Waals surface area contributed by atoms with E-state index in [1.807, 2.05) is 25.1 Å². The highest BCUT2D eigenvalue weighted by Gasteiger charge is 2.21. The van der Waals surface area contributed by atoms with Gasteiger partial charge in [-0.15, -0.1) is 0 Å². The average molecular weight is 269 g/mol. The summed E-state index contributed by atoms with van der Waals surface area (Å²) in [4.78, 5) is 8.63. The minimum Gasteiger partial charge on any atom is -0.494 e. The highest BCUT2D eigenvalue weighted by molar-refractivity contribution is 5.64. The Morgan fingerprint density at radius 3 is 2.80 bits per heavy atom. The molecule has 0 radical (unpaired) electrons. The topological polar surface area (TPSA) is 47.0 Å². The van der Waals surface area contributed by atoms with Crippen molar-refractivity contribution < 1.29 is 4.74 Å². The molecule has 0 spiro atoms. The highest BCUT2D eigenvalue weighted by Crippen LogP contribution is 2.28. The van der Waals surface area contributed by atoms with Gasteiger partial charge >= 0.3 is 0 Å². The number of anilines is 1. The SMILES string of the molecule is CCOc1ccc(-c2cc(NC3CC3)ncn2)cc1C. The first-order valence-electron chi connectivity index (χ1n) is 7.08. The number of nitrogens with one attached hydrogen (secondary N) is 1. The summed E-state index contributed by atoms with van der Waals surface area (Å²) in [6.07, 6.45) is 4.09. The van der Waals surface area contributed by atoms with Gasteiger partial charge in [-0.1, -0.05) is 0 Å². The largest absolute Gasteiger partial charge is 0.494 e. The second kappa shape index (κ2) is 5.49. The highest BCUT2D eigenvalue weighted by atomic mass is 16.5. The van der Waals surface area contributed by atoms with Gasteiger partial charge in [0.25, 0.3) is 0 Å². The molecule has 1 aliphatic carbocycles. The van der Waals surface area contributed by atoms with E-state index in [1.165, 1.54) is 12.8 Å². The van der Waals surface area contributed by atoms with Crippen LogP contribution < -0.4 is 10.1 Å². The van der Waals surface area contributed by atoms with E-state index in [9.17, 15) is 0 Å². The summed E-state index contributed by atoms with van der Waals surface area (Å²) in [6.45, 7) is 4.73. The average Bonchev–Trinajstić information content (AvgIpc) is 3.25. The van der Waals surface area contributed by atoms with Crippen molar-refractivity contribution in [3.8, 4) is 17.0 Å². The molecule has 0 saturated heterocycles. The molecular weight excluding hydrogens is 250 g/mol. The molecule has 0 atom stereocenters. The lowest BCUT2D eigenvalue weighted by Gasteiger charge is -2.10. The first kappa shape index (κ1) is 12.9. The van der Waals surface area contributed by atoms with Gasteiger partial charge in [0.1, 0.15) is 17.9 Å². The minimum atomic E-state index is 0.597. The molecule has 1 aromatic carbocycles. The summed E-state index contributed by atoms with van der Waals surface area (Å²) >= 11 is 0. The first-order valence-corrected chi connectivity index (χ1v) is 7.08. The van der Waals surface area contributed by atoms with Crippen LogP contribution in [0.1, 0.15) is 25.3 Å². The van der Waals surface area contributed by atoms with Gasteiger partial charge in [0, 0.05) is 17.7 Å². The van der Waals surface area contributed by atoms with E-state index in [0.717, 1.165) is 28.4 Å². The molecule has 0 aliphatic heterocycles. The Bertz CT molecular complexity index is 608. The molecule has 2 aromatic rings. The molecule has 4 nitrogen and oxygen atoms in total. The van der Waals surface area contributed by atoms with Crippen molar-refractivity contribution in [1.82, 2.24) is 9.97 Å². The van der Waals surface area contributed by atoms with E-state index in [2.05, 4.69) is 28.3 Å². The van der Waals surface area contributed by atoms with Crippen LogP contribution in [-0.2, 0) is 0 Å². The van der Waals surface area contributed by atoms with Gasteiger partial charge in [-0.25, -0.2) is 9.97 Å². The third kappa shape index (κ3) is 2.90. The lowest BCUT2D eigenvalue weighted by molar-refractivity contribution is 0.338. The van der Waals surface area contributed by atoms with Crippen LogP contribution in [-0.4, -0.2) is 22.6 Å². The second-order valence-corrected chi connectivity index (χ2v) is 5.12. The van der Waals surface area contributed by atoms with Crippen LogP contribution in [0.5, 0.6) is 5.75 Å². The van der Waals surface area contributed by atoms with Crippen LogP contribution in [0.3, 0.4) is 0 Å². The fourth-order valence-electron chi connectivity index (χ4n) is 2.16. The zero-order valence-corrected chi connectivity index (χ0v) is 11.9. The number of aromatic nitrogens is 2. The summed E-state index contributed by atoms with van der Waals surface area (Å²) in [5, 5.41) is 3.40. The van der Waals surface area contributed by atoms with Gasteiger partial charge in [-0.05, 0) is 50.5 Å². The van der Waals surface area contributed by atoms with Crippen molar-refractivity contribution in [2.75, 3.05) is 11.9 Å². The zero-order valence-electron chi connectivity index (χ0n) is 11.9. The van der Waals surface area contributed by atoms with E-state index < -0.39 is 0 Å². The molecule has 1 aromatic heterocycles. The van der Waals surface area contributed by atoms with Crippen LogP contribution in [0, 0.1) is 6.92 Å². The number of nitrogens with zero attached hydrogens (tertiary/aromatic N) is 2. The van der Waals surface area contributed by atoms with Crippen LogP contribution in [0.15, 0.2) is 30.6 Å². The maximum atomic E-state index is 5.57. The third-order valence-electron chi connectivity index (χ3n) is 3.37. The summed E-state index contributed by atoms with van der Waals surface area (Å²) in [7, 11) is 0. The van der Waals surface area contributed by atoms with E-state index in [0.29, 0.717) is 12.6 Å². The summed E-state index contributed by atoms with van der Waals surface area (Å²) < 4.78 is 5.57. The normalized spacial score (nSPS) is 14.1. The standard InChI is InChI=1S/C16H19N3O/c1-3-20-15-7-4-12(8-11(15)2)14-9-16(18-10-17-14)19-13-5-6-13/h4,7-10,13H,3,5-6H2,1-2H3,(H,17,18,19). The molecule has 3 rings (SSSR count). The van der Waals surface area contributed by atoms with Gasteiger partial charge in [0.15, 0.2) is 0 Å². The van der Waals surface area contributed by atoms with Gasteiger partial charge in [0.2, 0.25) is 0 Å². The van der Waals surface area contributed by atoms with Gasteiger partial charge < -0.3 is 10.1 Å². The van der Waals surface area contributed by atoms with Crippen LogP contribution in [0.25, 0.3) is 11.3 Å². The van der Waals surface area contributed by atoms with Gasteiger partial charge in [0.05, 0.1) is 12.3 Å². The molecule has 4 heteroatoms. The lowest BCUT2D eigenvalue weighted by Crippen LogP contribution is -2.03. The van der Waals surface area contributed by atoms with Crippen molar-refractivity contribution in [2.45, 2.75) is 32.7 Å². The first-order chi connectivity index (χ1) is 9.76. The van der Waals surface area contributed by atoms with Crippen LogP contribution >= 0.6 is 0 Å². The predicted molar refractivity (Wildman–Crippen MR) is 80.0 cm³/mol. The molecule has 104 valence electrons. The van der Waals surface area contributed by atoms with Crippen LogP contribution in [0.4, 0.5) is 5.82 Å². The molecular formula is C16H19N3O. The lowest BCUT2D eigenvalue weighted by atomic mass is 10.1. The second-order valence-electron chi connectivity index (χ2n) is 5.12. The van der Waals surface area contributed by atoms with Crippen molar-refractivity contribution in [3.05, 3.63) is 36.2 Å². The zero-order chi connectivity index (χ0) is 13.9. The third-order valence-corrected chi connectivity index (χ3v) is 3.37. The number of hydrogen-bond donors (Lipinski definition) is 1. The molecule has 0 unspecified atom stereocenters. The molecule has 1 N–H and O–H groups in total. The van der Waals surface area contributed by atoms with Gasteiger partial charge in [-0.2, -0.15) is 0 Å². The maximum absolute atomic E-state index is 5.57. The summed E-state index contributed by atoms with van der Waals surface area (Å²) in [5.41, 5.74) is 3.15. The monoisotopic (exact) mass is 269 g/mol. The molecule has 1 heterocycles. The van der Waals surface area contributed by atoms with E-state index in [4.69, 9.17) is 4.74 Å². The fourth-order valence-corrected chi connectivity index (χ4v) is 2.16. The molecule has 1 fully saturated rings. The van der Waals surface area contributed by atoms with Crippen LogP contribution in [0.2, 0.25) is 0 Å². The molecule has 20 heavy (non-hydrogen) atoms. The van der Waals surface area contributed by atoms with Crippen molar-refractivity contribution in [2.24, 2.45) is 0 Å². The van der Waals surface area contributed by atoms with E-state index in [1.54, 1.807) is 6.33 Å². The molecule has 1 saturated carbocycles. The number of aryl methyl sites for hydroxylation is 1. The Morgan fingerprint density at radius 1 is 1.25 bits per heavy atom. The fraction of sp³-hybridized carbons (Fsp3) is 0.375. The van der Waals surface area contributed by atoms with Gasteiger partial charge in [-0.3, -0.25) is 0 Å². The maximum Gasteiger partial charge on any atom is 0.130 e.